The molecule has 1 aromatic heterocycles. The Labute approximate surface area is 171 Å². The molecule has 0 radical (unpaired) electrons. The van der Waals surface area contributed by atoms with E-state index in [2.05, 4.69) is 10.2 Å². The predicted octanol–water partition coefficient (Wildman–Crippen LogP) is 5.42. The Morgan fingerprint density at radius 2 is 1.48 bits per heavy atom. The van der Waals surface area contributed by atoms with Crippen LogP contribution in [-0.4, -0.2) is 14.8 Å². The van der Waals surface area contributed by atoms with Gasteiger partial charge in [-0.15, -0.1) is 10.2 Å². The van der Waals surface area contributed by atoms with Gasteiger partial charge in [0.1, 0.15) is 12.4 Å². The Morgan fingerprint density at radius 3 is 2.24 bits per heavy atom. The highest BCUT2D eigenvalue weighted by Gasteiger charge is 2.16. The third kappa shape index (κ3) is 4.46. The van der Waals surface area contributed by atoms with Crippen molar-refractivity contribution >= 4 is 11.8 Å². The fourth-order valence-electron chi connectivity index (χ4n) is 2.79. The minimum absolute atomic E-state index is 0.0447. The smallest absolute Gasteiger partial charge is 0.196 e. The molecule has 0 unspecified atom stereocenters. The summed E-state index contributed by atoms with van der Waals surface area (Å²) < 4.78 is 35.3. The number of nitrogens with zero attached hydrogens (tertiary/aromatic N) is 3. The van der Waals surface area contributed by atoms with Gasteiger partial charge < -0.3 is 4.74 Å². The molecule has 3 aromatic carbocycles. The third-order valence-electron chi connectivity index (χ3n) is 4.22. The number of benzene rings is 3. The van der Waals surface area contributed by atoms with Crippen LogP contribution in [0.2, 0.25) is 0 Å². The molecule has 0 amide bonds. The highest BCUT2D eigenvalue weighted by Crippen LogP contribution is 2.27. The number of ether oxygens (including phenoxy) is 1. The number of para-hydroxylation sites is 2. The fraction of sp³-hybridized carbons (Fsp3) is 0.0909. The molecule has 0 saturated heterocycles. The van der Waals surface area contributed by atoms with Crippen molar-refractivity contribution in [1.29, 1.82) is 0 Å². The van der Waals surface area contributed by atoms with Crippen LogP contribution in [-0.2, 0) is 12.4 Å². The molecule has 0 N–H and O–H groups in total. The Balaban J connectivity index is 1.60. The molecular weight excluding hydrogens is 392 g/mol. The van der Waals surface area contributed by atoms with Crippen LogP contribution in [0.4, 0.5) is 8.78 Å². The van der Waals surface area contributed by atoms with Gasteiger partial charge in [-0.2, -0.15) is 0 Å². The van der Waals surface area contributed by atoms with Crippen LogP contribution in [0.1, 0.15) is 11.4 Å². The largest absolute Gasteiger partial charge is 0.483 e. The van der Waals surface area contributed by atoms with Crippen LogP contribution >= 0.6 is 11.8 Å². The van der Waals surface area contributed by atoms with Gasteiger partial charge in [0, 0.05) is 11.4 Å². The number of halogens is 2. The van der Waals surface area contributed by atoms with Crippen LogP contribution < -0.4 is 4.74 Å². The van der Waals surface area contributed by atoms with Gasteiger partial charge in [-0.3, -0.25) is 4.57 Å². The lowest BCUT2D eigenvalue weighted by Gasteiger charge is -2.11. The first-order valence-corrected chi connectivity index (χ1v) is 9.94. The summed E-state index contributed by atoms with van der Waals surface area (Å²) >= 11 is 1.37. The zero-order valence-electron chi connectivity index (χ0n) is 15.3. The van der Waals surface area contributed by atoms with Gasteiger partial charge in [0.05, 0.1) is 0 Å². The van der Waals surface area contributed by atoms with E-state index in [-0.39, 0.29) is 18.2 Å². The highest BCUT2D eigenvalue weighted by molar-refractivity contribution is 7.98. The van der Waals surface area contributed by atoms with Crippen LogP contribution in [0.5, 0.6) is 5.75 Å². The van der Waals surface area contributed by atoms with E-state index in [1.165, 1.54) is 23.9 Å². The summed E-state index contributed by atoms with van der Waals surface area (Å²) in [6.45, 7) is 0.0447. The maximum atomic E-state index is 14.0. The normalized spacial score (nSPS) is 10.8. The first-order valence-electron chi connectivity index (χ1n) is 8.95. The van der Waals surface area contributed by atoms with E-state index >= 15 is 0 Å². The maximum absolute atomic E-state index is 14.0. The first-order chi connectivity index (χ1) is 14.2. The molecule has 0 spiro atoms. The predicted molar refractivity (Wildman–Crippen MR) is 108 cm³/mol. The van der Waals surface area contributed by atoms with E-state index in [1.807, 2.05) is 34.9 Å². The summed E-state index contributed by atoms with van der Waals surface area (Å²) in [5.41, 5.74) is 1.44. The van der Waals surface area contributed by atoms with Crippen molar-refractivity contribution in [2.75, 3.05) is 0 Å². The second kappa shape index (κ2) is 8.87. The van der Waals surface area contributed by atoms with E-state index in [4.69, 9.17) is 4.74 Å². The number of hydrogen-bond donors (Lipinski definition) is 0. The molecule has 0 fully saturated rings. The van der Waals surface area contributed by atoms with Crippen molar-refractivity contribution in [3.63, 3.8) is 0 Å². The van der Waals surface area contributed by atoms with Crippen molar-refractivity contribution in [3.05, 3.63) is 102 Å². The number of rotatable bonds is 7. The van der Waals surface area contributed by atoms with E-state index in [0.717, 1.165) is 5.69 Å². The lowest BCUT2D eigenvalue weighted by Crippen LogP contribution is -2.07. The Kier molecular flexibility index (Phi) is 5.86. The molecule has 146 valence electrons. The molecule has 0 atom stereocenters. The van der Waals surface area contributed by atoms with Crippen LogP contribution in [0.15, 0.2) is 84.0 Å². The van der Waals surface area contributed by atoms with Crippen molar-refractivity contribution in [3.8, 4) is 11.4 Å². The van der Waals surface area contributed by atoms with Gasteiger partial charge in [0.25, 0.3) is 0 Å². The summed E-state index contributed by atoms with van der Waals surface area (Å²) in [7, 11) is 0. The lowest BCUT2D eigenvalue weighted by molar-refractivity contribution is 0.278. The van der Waals surface area contributed by atoms with Crippen molar-refractivity contribution in [1.82, 2.24) is 14.8 Å². The molecule has 0 aliphatic rings. The molecule has 4 rings (SSSR count). The van der Waals surface area contributed by atoms with Crippen LogP contribution in [0.25, 0.3) is 5.69 Å². The van der Waals surface area contributed by atoms with E-state index in [9.17, 15) is 8.78 Å². The molecule has 7 heteroatoms. The Bertz CT molecular complexity index is 1040. The first kappa shape index (κ1) is 19.1. The summed E-state index contributed by atoms with van der Waals surface area (Å²) in [6, 6.07) is 22.4. The van der Waals surface area contributed by atoms with E-state index in [1.54, 1.807) is 36.4 Å². The molecule has 0 bridgehead atoms. The van der Waals surface area contributed by atoms with Crippen LogP contribution in [0, 0.1) is 11.6 Å². The average Bonchev–Trinajstić information content (AvgIpc) is 3.16. The van der Waals surface area contributed by atoms with Gasteiger partial charge in [-0.05, 0) is 35.9 Å². The van der Waals surface area contributed by atoms with E-state index in [0.29, 0.717) is 22.3 Å². The molecule has 0 saturated carbocycles. The summed E-state index contributed by atoms with van der Waals surface area (Å²) in [5.74, 6) is 0.388. The maximum Gasteiger partial charge on any atom is 0.196 e. The highest BCUT2D eigenvalue weighted by atomic mass is 32.2. The van der Waals surface area contributed by atoms with Gasteiger partial charge in [0.15, 0.2) is 22.5 Å². The lowest BCUT2D eigenvalue weighted by atomic mass is 10.2. The molecule has 0 aliphatic heterocycles. The van der Waals surface area contributed by atoms with Crippen molar-refractivity contribution in [2.45, 2.75) is 17.5 Å². The van der Waals surface area contributed by atoms with Crippen LogP contribution in [0.3, 0.4) is 0 Å². The third-order valence-corrected chi connectivity index (χ3v) is 5.20. The molecule has 4 aromatic rings. The van der Waals surface area contributed by atoms with Gasteiger partial charge >= 0.3 is 0 Å². The zero-order valence-corrected chi connectivity index (χ0v) is 16.2. The average molecular weight is 409 g/mol. The SMILES string of the molecule is Fc1ccccc1CSc1nnc(COc2ccccc2F)n1-c1ccccc1. The summed E-state index contributed by atoms with van der Waals surface area (Å²) in [6.07, 6.45) is 0. The summed E-state index contributed by atoms with van der Waals surface area (Å²) in [5, 5.41) is 9.08. The number of thioether (sulfide) groups is 1. The summed E-state index contributed by atoms with van der Waals surface area (Å²) in [4.78, 5) is 0. The standard InChI is InChI=1S/C22H17F2N3OS/c23-18-11-5-4-8-16(18)15-29-22-26-25-21(27(22)17-9-2-1-3-10-17)14-28-20-13-7-6-12-19(20)24/h1-13H,14-15H2. The van der Waals surface area contributed by atoms with E-state index < -0.39 is 5.82 Å². The molecule has 1 heterocycles. The second-order valence-electron chi connectivity index (χ2n) is 6.17. The molecule has 29 heavy (non-hydrogen) atoms. The van der Waals surface area contributed by atoms with Gasteiger partial charge in [-0.1, -0.05) is 60.3 Å². The molecule has 4 nitrogen and oxygen atoms in total. The van der Waals surface area contributed by atoms with Crippen molar-refractivity contribution in [2.24, 2.45) is 0 Å². The number of aromatic nitrogens is 3. The molecular formula is C22H17F2N3OS. The van der Waals surface area contributed by atoms with Gasteiger partial charge in [0.2, 0.25) is 0 Å². The quantitative estimate of drug-likeness (QED) is 0.382. The monoisotopic (exact) mass is 409 g/mol. The number of hydrogen-bond acceptors (Lipinski definition) is 4. The zero-order chi connectivity index (χ0) is 20.1. The van der Waals surface area contributed by atoms with Gasteiger partial charge in [-0.25, -0.2) is 8.78 Å². The fourth-order valence-corrected chi connectivity index (χ4v) is 3.74. The van der Waals surface area contributed by atoms with Crippen molar-refractivity contribution < 1.29 is 13.5 Å². The molecule has 0 aliphatic carbocycles. The Hall–Kier alpha value is -3.19. The Morgan fingerprint density at radius 1 is 0.793 bits per heavy atom. The minimum Gasteiger partial charge on any atom is -0.483 e. The second-order valence-corrected chi connectivity index (χ2v) is 7.11. The topological polar surface area (TPSA) is 39.9 Å². The minimum atomic E-state index is -0.438.